The highest BCUT2D eigenvalue weighted by molar-refractivity contribution is 5.96. The molecule has 0 aromatic heterocycles. The molecule has 1 aromatic rings. The van der Waals surface area contributed by atoms with Gasteiger partial charge in [0.25, 0.3) is 5.91 Å². The molecule has 0 unspecified atom stereocenters. The van der Waals surface area contributed by atoms with Gasteiger partial charge in [-0.05, 0) is 43.2 Å². The molecule has 2 atom stereocenters. The molecule has 2 rings (SSSR count). The summed E-state index contributed by atoms with van der Waals surface area (Å²) in [7, 11) is 3.13. The van der Waals surface area contributed by atoms with Gasteiger partial charge in [-0.1, -0.05) is 20.8 Å². The zero-order valence-corrected chi connectivity index (χ0v) is 15.3. The number of hydrazone groups is 1. The molecule has 1 aliphatic carbocycles. The van der Waals surface area contributed by atoms with E-state index in [1.807, 2.05) is 0 Å². The second-order valence-electron chi connectivity index (χ2n) is 6.88. The molecule has 0 aliphatic heterocycles. The molecule has 1 N–H and O–H groups in total. The summed E-state index contributed by atoms with van der Waals surface area (Å²) in [6.07, 6.45) is 3.31. The van der Waals surface area contributed by atoms with Gasteiger partial charge in [0.15, 0.2) is 0 Å². The molecule has 0 saturated heterocycles. The number of rotatable bonds is 5. The van der Waals surface area contributed by atoms with Crippen LogP contribution in [0, 0.1) is 17.8 Å². The van der Waals surface area contributed by atoms with Gasteiger partial charge in [0.1, 0.15) is 11.5 Å². The Bertz CT molecular complexity index is 588. The molecule has 1 aromatic carbocycles. The maximum Gasteiger partial charge on any atom is 0.271 e. The predicted octanol–water partition coefficient (Wildman–Crippen LogP) is 3.88. The van der Waals surface area contributed by atoms with Crippen LogP contribution in [0.1, 0.15) is 50.4 Å². The number of carbonyl (C=O) groups excluding carboxylic acids is 1. The van der Waals surface area contributed by atoms with Crippen molar-refractivity contribution in [2.75, 3.05) is 14.2 Å². The van der Waals surface area contributed by atoms with Crippen LogP contribution >= 0.6 is 0 Å². The van der Waals surface area contributed by atoms with Gasteiger partial charge >= 0.3 is 0 Å². The summed E-state index contributed by atoms with van der Waals surface area (Å²) in [6.45, 7) is 6.66. The second kappa shape index (κ2) is 8.18. The average molecular weight is 332 g/mol. The van der Waals surface area contributed by atoms with Crippen molar-refractivity contribution < 1.29 is 14.3 Å². The molecule has 5 nitrogen and oxygen atoms in total. The Morgan fingerprint density at radius 3 is 2.33 bits per heavy atom. The number of methoxy groups -OCH3 is 2. The molecule has 0 heterocycles. The minimum Gasteiger partial charge on any atom is -0.497 e. The summed E-state index contributed by atoms with van der Waals surface area (Å²) in [5.41, 5.74) is 4.29. The fourth-order valence-electron chi connectivity index (χ4n) is 3.21. The van der Waals surface area contributed by atoms with Gasteiger partial charge in [-0.3, -0.25) is 4.79 Å². The smallest absolute Gasteiger partial charge is 0.271 e. The lowest BCUT2D eigenvalue weighted by atomic mass is 9.76. The zero-order chi connectivity index (χ0) is 17.7. The molecule has 5 heteroatoms. The van der Waals surface area contributed by atoms with Crippen molar-refractivity contribution in [1.82, 2.24) is 5.43 Å². The van der Waals surface area contributed by atoms with E-state index in [0.29, 0.717) is 34.8 Å². The Labute approximate surface area is 144 Å². The van der Waals surface area contributed by atoms with E-state index in [0.717, 1.165) is 18.6 Å². The Morgan fingerprint density at radius 2 is 1.79 bits per heavy atom. The van der Waals surface area contributed by atoms with Gasteiger partial charge in [0, 0.05) is 23.3 Å². The Hall–Kier alpha value is -2.04. The molecular weight excluding hydrogens is 304 g/mol. The fourth-order valence-corrected chi connectivity index (χ4v) is 3.21. The minimum absolute atomic E-state index is 0.250. The molecule has 0 radical (unpaired) electrons. The van der Waals surface area contributed by atoms with E-state index in [-0.39, 0.29) is 5.91 Å². The molecule has 1 saturated carbocycles. The standard InChI is InChI=1S/C19H28N2O3/c1-12(2)17-7-6-13(3)8-18(17)20-21-19(22)14-9-15(23-4)11-16(10-14)24-5/h9-13,17H,6-8H2,1-5H3,(H,21,22)/b20-18-/t13-,17-/m1/s1. The maximum atomic E-state index is 12.5. The van der Waals surface area contributed by atoms with Gasteiger partial charge in [-0.25, -0.2) is 5.43 Å². The molecule has 1 fully saturated rings. The summed E-state index contributed by atoms with van der Waals surface area (Å²) in [5.74, 6) is 2.51. The second-order valence-corrected chi connectivity index (χ2v) is 6.88. The van der Waals surface area contributed by atoms with Gasteiger partial charge < -0.3 is 9.47 Å². The Balaban J connectivity index is 2.16. The highest BCUT2D eigenvalue weighted by Gasteiger charge is 2.27. The topological polar surface area (TPSA) is 59.9 Å². The molecule has 1 amide bonds. The van der Waals surface area contributed by atoms with Gasteiger partial charge in [-0.2, -0.15) is 5.10 Å². The van der Waals surface area contributed by atoms with Crippen LogP contribution in [0.25, 0.3) is 0 Å². The van der Waals surface area contributed by atoms with E-state index >= 15 is 0 Å². The number of carbonyl (C=O) groups is 1. The molecule has 1 aliphatic rings. The van der Waals surface area contributed by atoms with Crippen LogP contribution in [0.5, 0.6) is 11.5 Å². The van der Waals surface area contributed by atoms with Crippen LogP contribution in [0.3, 0.4) is 0 Å². The van der Waals surface area contributed by atoms with E-state index in [9.17, 15) is 4.79 Å². The van der Waals surface area contributed by atoms with Crippen LogP contribution in [-0.4, -0.2) is 25.8 Å². The highest BCUT2D eigenvalue weighted by Crippen LogP contribution is 2.31. The first-order valence-electron chi connectivity index (χ1n) is 8.54. The number of nitrogens with one attached hydrogen (secondary N) is 1. The highest BCUT2D eigenvalue weighted by atomic mass is 16.5. The predicted molar refractivity (Wildman–Crippen MR) is 95.8 cm³/mol. The zero-order valence-electron chi connectivity index (χ0n) is 15.3. The number of hydrogen-bond donors (Lipinski definition) is 1. The van der Waals surface area contributed by atoms with Gasteiger partial charge in [0.2, 0.25) is 0 Å². The monoisotopic (exact) mass is 332 g/mol. The molecule has 132 valence electrons. The molecule has 0 spiro atoms. The Kier molecular flexibility index (Phi) is 6.23. The van der Waals surface area contributed by atoms with E-state index in [2.05, 4.69) is 31.3 Å². The van der Waals surface area contributed by atoms with Crippen molar-refractivity contribution >= 4 is 11.6 Å². The van der Waals surface area contributed by atoms with Crippen molar-refractivity contribution in [1.29, 1.82) is 0 Å². The van der Waals surface area contributed by atoms with Crippen LogP contribution in [0.2, 0.25) is 0 Å². The summed E-state index contributed by atoms with van der Waals surface area (Å²) >= 11 is 0. The van der Waals surface area contributed by atoms with Crippen LogP contribution in [-0.2, 0) is 0 Å². The molecule has 0 bridgehead atoms. The summed E-state index contributed by atoms with van der Waals surface area (Å²) in [4.78, 5) is 12.5. The first-order chi connectivity index (χ1) is 11.4. The first-order valence-corrected chi connectivity index (χ1v) is 8.54. The largest absolute Gasteiger partial charge is 0.497 e. The molecular formula is C19H28N2O3. The first kappa shape index (κ1) is 18.3. The van der Waals surface area contributed by atoms with Crippen LogP contribution in [0.15, 0.2) is 23.3 Å². The lowest BCUT2D eigenvalue weighted by Crippen LogP contribution is -2.31. The molecule has 24 heavy (non-hydrogen) atoms. The van der Waals surface area contributed by atoms with Crippen molar-refractivity contribution in [2.24, 2.45) is 22.9 Å². The number of amides is 1. The SMILES string of the molecule is COc1cc(OC)cc(C(=O)N/N=C2/C[C@H](C)CC[C@@H]2C(C)C)c1. The van der Waals surface area contributed by atoms with E-state index in [1.165, 1.54) is 6.42 Å². The van der Waals surface area contributed by atoms with Crippen molar-refractivity contribution in [3.05, 3.63) is 23.8 Å². The van der Waals surface area contributed by atoms with Crippen molar-refractivity contribution in [3.8, 4) is 11.5 Å². The number of ether oxygens (including phenoxy) is 2. The third-order valence-corrected chi connectivity index (χ3v) is 4.68. The maximum absolute atomic E-state index is 12.5. The van der Waals surface area contributed by atoms with Crippen LogP contribution in [0.4, 0.5) is 0 Å². The van der Waals surface area contributed by atoms with Gasteiger partial charge in [-0.15, -0.1) is 0 Å². The van der Waals surface area contributed by atoms with E-state index in [4.69, 9.17) is 9.47 Å². The number of benzene rings is 1. The average Bonchev–Trinajstić information content (AvgIpc) is 2.58. The number of nitrogens with zero attached hydrogens (tertiary/aromatic N) is 1. The number of hydrogen-bond acceptors (Lipinski definition) is 4. The third kappa shape index (κ3) is 4.49. The lowest BCUT2D eigenvalue weighted by molar-refractivity contribution is 0.0953. The summed E-state index contributed by atoms with van der Waals surface area (Å²) in [5, 5.41) is 4.46. The minimum atomic E-state index is -0.250. The summed E-state index contributed by atoms with van der Waals surface area (Å²) in [6, 6.07) is 5.10. The normalized spacial score (nSPS) is 22.5. The summed E-state index contributed by atoms with van der Waals surface area (Å²) < 4.78 is 10.4. The van der Waals surface area contributed by atoms with E-state index < -0.39 is 0 Å². The van der Waals surface area contributed by atoms with Gasteiger partial charge in [0.05, 0.1) is 14.2 Å². The quantitative estimate of drug-likeness (QED) is 0.832. The lowest BCUT2D eigenvalue weighted by Gasteiger charge is -2.30. The third-order valence-electron chi connectivity index (χ3n) is 4.68. The fraction of sp³-hybridized carbons (Fsp3) is 0.579. The van der Waals surface area contributed by atoms with Crippen molar-refractivity contribution in [2.45, 2.75) is 40.0 Å². The van der Waals surface area contributed by atoms with E-state index in [1.54, 1.807) is 32.4 Å². The van der Waals surface area contributed by atoms with Crippen molar-refractivity contribution in [3.63, 3.8) is 0 Å². The Morgan fingerprint density at radius 1 is 1.17 bits per heavy atom. The van der Waals surface area contributed by atoms with Crippen LogP contribution < -0.4 is 14.9 Å².